The minimum atomic E-state index is -0.444. The van der Waals surface area contributed by atoms with E-state index in [1.807, 2.05) is 22.6 Å². The second-order valence-corrected chi connectivity index (χ2v) is 6.09. The van der Waals surface area contributed by atoms with Crippen molar-refractivity contribution in [2.24, 2.45) is 0 Å². The number of benzene rings is 1. The van der Waals surface area contributed by atoms with Gasteiger partial charge in [-0.05, 0) is 70.7 Å². The van der Waals surface area contributed by atoms with Crippen LogP contribution in [0.2, 0.25) is 0 Å². The molecule has 0 saturated heterocycles. The van der Waals surface area contributed by atoms with Crippen LogP contribution >= 0.6 is 45.2 Å². The summed E-state index contributed by atoms with van der Waals surface area (Å²) in [5.74, 6) is -0.319. The molecule has 4 nitrogen and oxygen atoms in total. The molecule has 1 unspecified atom stereocenters. The third-order valence-electron chi connectivity index (χ3n) is 2.12. The number of aliphatic hydroxyl groups excluding tert-OH is 1. The first-order valence-electron chi connectivity index (χ1n) is 5.06. The van der Waals surface area contributed by atoms with Gasteiger partial charge in [-0.1, -0.05) is 0 Å². The number of amides is 1. The van der Waals surface area contributed by atoms with Crippen LogP contribution in [-0.4, -0.2) is 28.8 Å². The number of phenols is 1. The van der Waals surface area contributed by atoms with Gasteiger partial charge >= 0.3 is 0 Å². The molecule has 1 rings (SSSR count). The van der Waals surface area contributed by atoms with Crippen LogP contribution in [0.4, 0.5) is 0 Å². The van der Waals surface area contributed by atoms with Gasteiger partial charge in [0.15, 0.2) is 0 Å². The highest BCUT2D eigenvalue weighted by Crippen LogP contribution is 2.26. The van der Waals surface area contributed by atoms with E-state index in [2.05, 4.69) is 27.9 Å². The van der Waals surface area contributed by atoms with Gasteiger partial charge < -0.3 is 15.5 Å². The maximum absolute atomic E-state index is 11.8. The van der Waals surface area contributed by atoms with Crippen molar-refractivity contribution in [3.8, 4) is 5.75 Å². The van der Waals surface area contributed by atoms with Gasteiger partial charge in [0.1, 0.15) is 5.75 Å². The molecule has 0 spiro atoms. The predicted octanol–water partition coefficient (Wildman–Crippen LogP) is 2.10. The number of hydrogen-bond donors (Lipinski definition) is 3. The first-order valence-corrected chi connectivity index (χ1v) is 7.22. The van der Waals surface area contributed by atoms with Gasteiger partial charge in [-0.3, -0.25) is 4.79 Å². The highest BCUT2D eigenvalue weighted by molar-refractivity contribution is 14.1. The van der Waals surface area contributed by atoms with E-state index in [1.165, 1.54) is 0 Å². The lowest BCUT2D eigenvalue weighted by Gasteiger charge is -2.09. The summed E-state index contributed by atoms with van der Waals surface area (Å²) in [5.41, 5.74) is 0.270. The number of phenolic OH excluding ortho intramolecular Hbond substituents is 1. The van der Waals surface area contributed by atoms with E-state index in [9.17, 15) is 9.90 Å². The number of halogens is 2. The normalized spacial score (nSPS) is 12.2. The molecule has 0 bridgehead atoms. The average molecular weight is 461 g/mol. The third kappa shape index (κ3) is 4.59. The number of rotatable bonds is 4. The molecule has 1 aromatic rings. The van der Waals surface area contributed by atoms with Crippen molar-refractivity contribution >= 4 is 51.1 Å². The Labute approximate surface area is 127 Å². The van der Waals surface area contributed by atoms with E-state index in [4.69, 9.17) is 5.11 Å². The van der Waals surface area contributed by atoms with Crippen molar-refractivity contribution in [1.82, 2.24) is 5.32 Å². The monoisotopic (exact) mass is 461 g/mol. The minimum absolute atomic E-state index is 0.000521. The molecule has 17 heavy (non-hydrogen) atoms. The molecule has 0 radical (unpaired) electrons. The molecular weight excluding hydrogens is 448 g/mol. The fourth-order valence-corrected chi connectivity index (χ4v) is 3.07. The van der Waals surface area contributed by atoms with Crippen LogP contribution in [0.1, 0.15) is 23.7 Å². The van der Waals surface area contributed by atoms with Crippen molar-refractivity contribution in [2.75, 3.05) is 6.54 Å². The molecule has 1 atom stereocenters. The molecule has 0 aliphatic rings. The highest BCUT2D eigenvalue weighted by atomic mass is 127. The summed E-state index contributed by atoms with van der Waals surface area (Å²) in [6.45, 7) is 2.05. The zero-order valence-corrected chi connectivity index (χ0v) is 13.5. The fourth-order valence-electron chi connectivity index (χ4n) is 1.23. The standard InChI is InChI=1S/C11H13I2NO3/c1-6(15)2-3-14-11(17)8-4-7(12)5-9(13)10(8)16/h4-6,15-16H,2-3H2,1H3,(H,14,17). The largest absolute Gasteiger partial charge is 0.506 e. The minimum Gasteiger partial charge on any atom is -0.506 e. The Bertz CT molecular complexity index is 421. The Morgan fingerprint density at radius 3 is 2.71 bits per heavy atom. The molecule has 6 heteroatoms. The number of nitrogens with one attached hydrogen (secondary N) is 1. The Morgan fingerprint density at radius 1 is 1.47 bits per heavy atom. The molecule has 0 heterocycles. The summed E-state index contributed by atoms with van der Waals surface area (Å²) in [7, 11) is 0. The fraction of sp³-hybridized carbons (Fsp3) is 0.364. The van der Waals surface area contributed by atoms with Crippen LogP contribution in [0.3, 0.4) is 0 Å². The second kappa shape index (κ2) is 6.74. The zero-order valence-electron chi connectivity index (χ0n) is 9.20. The average Bonchev–Trinajstić information content (AvgIpc) is 2.22. The van der Waals surface area contributed by atoms with Crippen molar-refractivity contribution in [2.45, 2.75) is 19.4 Å². The van der Waals surface area contributed by atoms with Gasteiger partial charge in [0.25, 0.3) is 5.91 Å². The lowest BCUT2D eigenvalue weighted by Crippen LogP contribution is -2.26. The molecule has 94 valence electrons. The summed E-state index contributed by atoms with van der Waals surface area (Å²) in [6.07, 6.45) is 0.0491. The van der Waals surface area contributed by atoms with Crippen LogP contribution in [0.15, 0.2) is 12.1 Å². The summed E-state index contributed by atoms with van der Waals surface area (Å²) in [5, 5.41) is 21.5. The van der Waals surface area contributed by atoms with E-state index in [1.54, 1.807) is 19.1 Å². The van der Waals surface area contributed by atoms with Crippen molar-refractivity contribution in [3.05, 3.63) is 24.8 Å². The molecule has 1 amide bonds. The smallest absolute Gasteiger partial charge is 0.255 e. The highest BCUT2D eigenvalue weighted by Gasteiger charge is 2.14. The zero-order chi connectivity index (χ0) is 13.0. The van der Waals surface area contributed by atoms with Gasteiger partial charge in [-0.25, -0.2) is 0 Å². The van der Waals surface area contributed by atoms with E-state index in [0.717, 1.165) is 3.57 Å². The lowest BCUT2D eigenvalue weighted by atomic mass is 10.2. The van der Waals surface area contributed by atoms with Gasteiger partial charge in [-0.15, -0.1) is 0 Å². The van der Waals surface area contributed by atoms with Crippen molar-refractivity contribution in [1.29, 1.82) is 0 Å². The third-order valence-corrected chi connectivity index (χ3v) is 3.57. The Kier molecular flexibility index (Phi) is 5.93. The van der Waals surface area contributed by atoms with Crippen LogP contribution in [0.25, 0.3) is 0 Å². The summed E-state index contributed by atoms with van der Waals surface area (Å²) < 4.78 is 1.54. The van der Waals surface area contributed by atoms with Crippen LogP contribution < -0.4 is 5.32 Å². The van der Waals surface area contributed by atoms with Gasteiger partial charge in [-0.2, -0.15) is 0 Å². The number of hydrogen-bond acceptors (Lipinski definition) is 3. The molecule has 3 N–H and O–H groups in total. The molecule has 0 saturated carbocycles. The first-order chi connectivity index (χ1) is 7.91. The summed E-state index contributed by atoms with van der Waals surface area (Å²) in [6, 6.07) is 3.43. The van der Waals surface area contributed by atoms with E-state index in [-0.39, 0.29) is 17.2 Å². The number of carbonyl (C=O) groups is 1. The Balaban J connectivity index is 2.75. The molecule has 0 fully saturated rings. The maximum Gasteiger partial charge on any atom is 0.255 e. The van der Waals surface area contributed by atoms with Crippen molar-refractivity contribution < 1.29 is 15.0 Å². The molecule has 0 aliphatic heterocycles. The SMILES string of the molecule is CC(O)CCNC(=O)c1cc(I)cc(I)c1O. The quantitative estimate of drug-likeness (QED) is 0.603. The van der Waals surface area contributed by atoms with Crippen LogP contribution in [0, 0.1) is 7.14 Å². The van der Waals surface area contributed by atoms with E-state index < -0.39 is 6.10 Å². The summed E-state index contributed by atoms with van der Waals surface area (Å²) >= 11 is 4.08. The molecular formula is C11H13I2NO3. The van der Waals surface area contributed by atoms with Gasteiger partial charge in [0, 0.05) is 10.1 Å². The molecule has 0 aromatic heterocycles. The number of aromatic hydroxyl groups is 1. The van der Waals surface area contributed by atoms with Crippen LogP contribution in [-0.2, 0) is 0 Å². The van der Waals surface area contributed by atoms with E-state index in [0.29, 0.717) is 16.5 Å². The molecule has 0 aliphatic carbocycles. The van der Waals surface area contributed by atoms with E-state index >= 15 is 0 Å². The lowest BCUT2D eigenvalue weighted by molar-refractivity contribution is 0.0943. The number of aliphatic hydroxyl groups is 1. The van der Waals surface area contributed by atoms with Gasteiger partial charge in [0.2, 0.25) is 0 Å². The first kappa shape index (κ1) is 15.0. The number of carbonyl (C=O) groups excluding carboxylic acids is 1. The second-order valence-electron chi connectivity index (χ2n) is 3.68. The van der Waals surface area contributed by atoms with Crippen LogP contribution in [0.5, 0.6) is 5.75 Å². The topological polar surface area (TPSA) is 69.6 Å². The Hall–Kier alpha value is -0.0900. The van der Waals surface area contributed by atoms with Crippen molar-refractivity contribution in [3.63, 3.8) is 0 Å². The summed E-state index contributed by atoms with van der Waals surface area (Å²) in [4.78, 5) is 11.8. The van der Waals surface area contributed by atoms with Gasteiger partial charge in [0.05, 0.1) is 15.2 Å². The molecule has 1 aromatic carbocycles. The maximum atomic E-state index is 11.8. The predicted molar refractivity (Wildman–Crippen MR) is 82.2 cm³/mol. The Morgan fingerprint density at radius 2 is 2.12 bits per heavy atom.